The van der Waals surface area contributed by atoms with E-state index in [9.17, 15) is 0 Å². The molecule has 2 aromatic carbocycles. The van der Waals surface area contributed by atoms with Crippen molar-refractivity contribution in [2.24, 2.45) is 0 Å². The quantitative estimate of drug-likeness (QED) is 0.904. The predicted octanol–water partition coefficient (Wildman–Crippen LogP) is 4.20. The summed E-state index contributed by atoms with van der Waals surface area (Å²) in [5, 5.41) is 6.16. The second kappa shape index (κ2) is 6.48. The molecule has 0 amide bonds. The van der Waals surface area contributed by atoms with Crippen molar-refractivity contribution >= 4 is 16.5 Å². The molecule has 0 aromatic heterocycles. The minimum Gasteiger partial charge on any atom is -0.368 e. The van der Waals surface area contributed by atoms with Gasteiger partial charge in [-0.25, -0.2) is 0 Å². The molecule has 0 atom stereocenters. The molecule has 1 saturated carbocycles. The SMILES string of the molecule is CCN(c1cccc2ccccc12)C1CCC(NC)CC1. The van der Waals surface area contributed by atoms with Gasteiger partial charge in [-0.3, -0.25) is 0 Å². The van der Waals surface area contributed by atoms with Crippen molar-refractivity contribution in [3.8, 4) is 0 Å². The van der Waals surface area contributed by atoms with Gasteiger partial charge >= 0.3 is 0 Å². The number of benzene rings is 2. The standard InChI is InChI=1S/C19H26N2/c1-3-21(17-13-11-16(20-2)12-14-17)19-10-6-8-15-7-4-5-9-18(15)19/h4-10,16-17,20H,3,11-14H2,1-2H3. The molecule has 0 spiro atoms. The molecule has 0 bridgehead atoms. The van der Waals surface area contributed by atoms with Crippen LogP contribution in [0.3, 0.4) is 0 Å². The zero-order chi connectivity index (χ0) is 14.7. The zero-order valence-electron chi connectivity index (χ0n) is 13.2. The summed E-state index contributed by atoms with van der Waals surface area (Å²) in [6, 6.07) is 16.8. The lowest BCUT2D eigenvalue weighted by Gasteiger charge is -2.38. The molecule has 0 saturated heterocycles. The van der Waals surface area contributed by atoms with E-state index in [1.165, 1.54) is 42.1 Å². The summed E-state index contributed by atoms with van der Waals surface area (Å²) >= 11 is 0. The van der Waals surface area contributed by atoms with E-state index < -0.39 is 0 Å². The van der Waals surface area contributed by atoms with Gasteiger partial charge in [-0.15, -0.1) is 0 Å². The second-order valence-electron chi connectivity index (χ2n) is 6.08. The highest BCUT2D eigenvalue weighted by Crippen LogP contribution is 2.32. The minimum absolute atomic E-state index is 0.686. The Morgan fingerprint density at radius 3 is 2.43 bits per heavy atom. The van der Waals surface area contributed by atoms with Crippen LogP contribution in [0.1, 0.15) is 32.6 Å². The molecule has 0 radical (unpaired) electrons. The van der Waals surface area contributed by atoms with E-state index >= 15 is 0 Å². The molecule has 2 aromatic rings. The van der Waals surface area contributed by atoms with Crippen molar-refractivity contribution in [2.45, 2.75) is 44.7 Å². The molecule has 2 heteroatoms. The fraction of sp³-hybridized carbons (Fsp3) is 0.474. The Balaban J connectivity index is 1.88. The zero-order valence-corrected chi connectivity index (χ0v) is 13.2. The Morgan fingerprint density at radius 2 is 1.71 bits per heavy atom. The summed E-state index contributed by atoms with van der Waals surface area (Å²) in [5.74, 6) is 0. The van der Waals surface area contributed by atoms with E-state index in [0.717, 1.165) is 6.54 Å². The van der Waals surface area contributed by atoms with Crippen molar-refractivity contribution in [1.82, 2.24) is 5.32 Å². The van der Waals surface area contributed by atoms with E-state index in [2.05, 4.69) is 66.7 Å². The van der Waals surface area contributed by atoms with Crippen molar-refractivity contribution in [2.75, 3.05) is 18.5 Å². The van der Waals surface area contributed by atoms with Gasteiger partial charge in [-0.2, -0.15) is 0 Å². The molecule has 0 heterocycles. The Hall–Kier alpha value is -1.54. The summed E-state index contributed by atoms with van der Waals surface area (Å²) in [5.41, 5.74) is 1.41. The van der Waals surface area contributed by atoms with E-state index in [4.69, 9.17) is 0 Å². The van der Waals surface area contributed by atoms with Crippen LogP contribution in [0, 0.1) is 0 Å². The Kier molecular flexibility index (Phi) is 4.45. The van der Waals surface area contributed by atoms with Crippen molar-refractivity contribution in [1.29, 1.82) is 0 Å². The van der Waals surface area contributed by atoms with Crippen LogP contribution in [0.2, 0.25) is 0 Å². The summed E-state index contributed by atoms with van der Waals surface area (Å²) in [6.45, 7) is 3.37. The highest BCUT2D eigenvalue weighted by atomic mass is 15.2. The average molecular weight is 282 g/mol. The average Bonchev–Trinajstić information content (AvgIpc) is 2.56. The van der Waals surface area contributed by atoms with Crippen LogP contribution in [-0.4, -0.2) is 25.7 Å². The van der Waals surface area contributed by atoms with Gasteiger partial charge in [0.25, 0.3) is 0 Å². The molecule has 0 unspecified atom stereocenters. The largest absolute Gasteiger partial charge is 0.368 e. The molecule has 3 rings (SSSR count). The molecular formula is C19H26N2. The highest BCUT2D eigenvalue weighted by molar-refractivity contribution is 5.94. The van der Waals surface area contributed by atoms with Crippen LogP contribution in [0.5, 0.6) is 0 Å². The Morgan fingerprint density at radius 1 is 1.00 bits per heavy atom. The molecule has 112 valence electrons. The third-order valence-corrected chi connectivity index (χ3v) is 4.96. The first-order chi connectivity index (χ1) is 10.3. The number of hydrogen-bond acceptors (Lipinski definition) is 2. The van der Waals surface area contributed by atoms with Gasteiger partial charge < -0.3 is 10.2 Å². The summed E-state index contributed by atoms with van der Waals surface area (Å²) < 4.78 is 0. The minimum atomic E-state index is 0.686. The molecule has 1 aliphatic rings. The number of nitrogens with zero attached hydrogens (tertiary/aromatic N) is 1. The molecule has 0 aliphatic heterocycles. The predicted molar refractivity (Wildman–Crippen MR) is 92.1 cm³/mol. The Bertz CT molecular complexity index is 580. The van der Waals surface area contributed by atoms with Crippen molar-refractivity contribution < 1.29 is 0 Å². The van der Waals surface area contributed by atoms with Crippen LogP contribution in [0.4, 0.5) is 5.69 Å². The van der Waals surface area contributed by atoms with Crippen LogP contribution in [-0.2, 0) is 0 Å². The molecule has 1 fully saturated rings. The first kappa shape index (κ1) is 14.4. The van der Waals surface area contributed by atoms with E-state index in [1.54, 1.807) is 0 Å². The lowest BCUT2D eigenvalue weighted by Crippen LogP contribution is -2.41. The third kappa shape index (κ3) is 2.91. The van der Waals surface area contributed by atoms with Gasteiger partial charge in [-0.05, 0) is 51.1 Å². The van der Waals surface area contributed by atoms with Gasteiger partial charge in [0.05, 0.1) is 0 Å². The van der Waals surface area contributed by atoms with E-state index in [1.807, 2.05) is 0 Å². The summed E-state index contributed by atoms with van der Waals surface area (Å²) in [4.78, 5) is 2.62. The van der Waals surface area contributed by atoms with Crippen LogP contribution in [0.25, 0.3) is 10.8 Å². The maximum atomic E-state index is 3.43. The fourth-order valence-electron chi connectivity index (χ4n) is 3.76. The topological polar surface area (TPSA) is 15.3 Å². The first-order valence-corrected chi connectivity index (χ1v) is 8.25. The van der Waals surface area contributed by atoms with Gasteiger partial charge in [0.2, 0.25) is 0 Å². The monoisotopic (exact) mass is 282 g/mol. The van der Waals surface area contributed by atoms with Crippen LogP contribution < -0.4 is 10.2 Å². The highest BCUT2D eigenvalue weighted by Gasteiger charge is 2.25. The maximum absolute atomic E-state index is 3.43. The van der Waals surface area contributed by atoms with Crippen molar-refractivity contribution in [3.05, 3.63) is 42.5 Å². The van der Waals surface area contributed by atoms with Crippen molar-refractivity contribution in [3.63, 3.8) is 0 Å². The molecular weight excluding hydrogens is 256 g/mol. The number of hydrogen-bond donors (Lipinski definition) is 1. The van der Waals surface area contributed by atoms with Crippen LogP contribution in [0.15, 0.2) is 42.5 Å². The molecule has 2 nitrogen and oxygen atoms in total. The maximum Gasteiger partial charge on any atom is 0.0448 e. The van der Waals surface area contributed by atoms with Gasteiger partial charge in [-0.1, -0.05) is 36.4 Å². The molecule has 1 N–H and O–H groups in total. The first-order valence-electron chi connectivity index (χ1n) is 8.25. The van der Waals surface area contributed by atoms with Gasteiger partial charge in [0, 0.05) is 29.7 Å². The molecule has 21 heavy (non-hydrogen) atoms. The third-order valence-electron chi connectivity index (χ3n) is 4.96. The van der Waals surface area contributed by atoms with Gasteiger partial charge in [0.1, 0.15) is 0 Å². The lowest BCUT2D eigenvalue weighted by molar-refractivity contribution is 0.346. The smallest absolute Gasteiger partial charge is 0.0448 e. The number of nitrogens with one attached hydrogen (secondary N) is 1. The molecule has 1 aliphatic carbocycles. The Labute approximate surface area is 128 Å². The van der Waals surface area contributed by atoms with Gasteiger partial charge in [0.15, 0.2) is 0 Å². The number of fused-ring (bicyclic) bond motifs is 1. The second-order valence-corrected chi connectivity index (χ2v) is 6.08. The summed E-state index contributed by atoms with van der Waals surface area (Å²) in [7, 11) is 2.09. The summed E-state index contributed by atoms with van der Waals surface area (Å²) in [6.07, 6.45) is 5.18. The van der Waals surface area contributed by atoms with Crippen LogP contribution >= 0.6 is 0 Å². The lowest BCUT2D eigenvalue weighted by atomic mass is 9.89. The number of anilines is 1. The normalized spacial score (nSPS) is 22.4. The number of rotatable bonds is 4. The van der Waals surface area contributed by atoms with E-state index in [-0.39, 0.29) is 0 Å². The fourth-order valence-corrected chi connectivity index (χ4v) is 3.76. The van der Waals surface area contributed by atoms with E-state index in [0.29, 0.717) is 12.1 Å².